The van der Waals surface area contributed by atoms with Gasteiger partial charge in [-0.15, -0.1) is 0 Å². The molecule has 0 atom stereocenters. The zero-order valence-corrected chi connectivity index (χ0v) is 11.8. The fourth-order valence-corrected chi connectivity index (χ4v) is 2.21. The molecule has 2 aromatic rings. The molecular formula is C17H16F2O. The third-order valence-electron chi connectivity index (χ3n) is 3.52. The molecule has 0 radical (unpaired) electrons. The van der Waals surface area contributed by atoms with Crippen LogP contribution in [0.5, 0.6) is 0 Å². The molecule has 0 saturated carbocycles. The molecule has 0 aromatic heterocycles. The van der Waals surface area contributed by atoms with Crippen molar-refractivity contribution >= 4 is 5.78 Å². The Hall–Kier alpha value is -2.03. The molecule has 0 fully saturated rings. The standard InChI is InChI=1S/C17H16F2O/c1-10-7-12(3)14(8-11(10)2)16(20)9-13-5-4-6-15(18)17(13)19/h4-8H,9H2,1-3H3. The van der Waals surface area contributed by atoms with Crippen LogP contribution in [0, 0.1) is 32.4 Å². The van der Waals surface area contributed by atoms with Crippen LogP contribution in [0.2, 0.25) is 0 Å². The van der Waals surface area contributed by atoms with Gasteiger partial charge in [0.1, 0.15) is 0 Å². The molecule has 20 heavy (non-hydrogen) atoms. The van der Waals surface area contributed by atoms with Gasteiger partial charge in [-0.05, 0) is 55.2 Å². The van der Waals surface area contributed by atoms with E-state index in [1.165, 1.54) is 12.1 Å². The molecular weight excluding hydrogens is 258 g/mol. The maximum atomic E-state index is 13.6. The summed E-state index contributed by atoms with van der Waals surface area (Å²) in [4.78, 5) is 12.3. The number of carbonyl (C=O) groups is 1. The summed E-state index contributed by atoms with van der Waals surface area (Å²) in [6, 6.07) is 7.64. The SMILES string of the molecule is Cc1cc(C)c(C(=O)Cc2cccc(F)c2F)cc1C. The zero-order chi connectivity index (χ0) is 14.9. The Morgan fingerprint density at radius 3 is 2.35 bits per heavy atom. The van der Waals surface area contributed by atoms with Gasteiger partial charge in [0.25, 0.3) is 0 Å². The highest BCUT2D eigenvalue weighted by atomic mass is 19.2. The molecule has 0 saturated heterocycles. The second-order valence-corrected chi connectivity index (χ2v) is 5.06. The summed E-state index contributed by atoms with van der Waals surface area (Å²) in [6.07, 6.45) is -0.132. The maximum Gasteiger partial charge on any atom is 0.167 e. The third-order valence-corrected chi connectivity index (χ3v) is 3.52. The van der Waals surface area contributed by atoms with Crippen LogP contribution in [-0.4, -0.2) is 5.78 Å². The fraction of sp³-hybridized carbons (Fsp3) is 0.235. The zero-order valence-electron chi connectivity index (χ0n) is 11.8. The first-order chi connectivity index (χ1) is 9.40. The van der Waals surface area contributed by atoms with E-state index in [1.54, 1.807) is 0 Å². The van der Waals surface area contributed by atoms with Gasteiger partial charge in [-0.3, -0.25) is 4.79 Å². The maximum absolute atomic E-state index is 13.6. The van der Waals surface area contributed by atoms with Crippen LogP contribution in [0.15, 0.2) is 30.3 Å². The van der Waals surface area contributed by atoms with Crippen molar-refractivity contribution in [2.24, 2.45) is 0 Å². The smallest absolute Gasteiger partial charge is 0.167 e. The van der Waals surface area contributed by atoms with Gasteiger partial charge >= 0.3 is 0 Å². The van der Waals surface area contributed by atoms with E-state index in [-0.39, 0.29) is 17.8 Å². The Morgan fingerprint density at radius 2 is 1.65 bits per heavy atom. The van der Waals surface area contributed by atoms with E-state index in [1.807, 2.05) is 32.9 Å². The monoisotopic (exact) mass is 274 g/mol. The highest BCUT2D eigenvalue weighted by Crippen LogP contribution is 2.19. The normalized spacial score (nSPS) is 10.7. The molecule has 0 heterocycles. The number of halogens is 2. The van der Waals surface area contributed by atoms with Crippen molar-refractivity contribution in [1.82, 2.24) is 0 Å². The van der Waals surface area contributed by atoms with Crippen molar-refractivity contribution in [2.75, 3.05) is 0 Å². The summed E-state index contributed by atoms with van der Waals surface area (Å²) in [7, 11) is 0. The van der Waals surface area contributed by atoms with E-state index in [0.717, 1.165) is 22.8 Å². The van der Waals surface area contributed by atoms with Gasteiger partial charge in [-0.1, -0.05) is 18.2 Å². The minimum absolute atomic E-state index is 0.0904. The van der Waals surface area contributed by atoms with E-state index in [4.69, 9.17) is 0 Å². The van der Waals surface area contributed by atoms with Crippen molar-refractivity contribution in [3.05, 3.63) is 69.8 Å². The van der Waals surface area contributed by atoms with Gasteiger partial charge in [0.2, 0.25) is 0 Å². The molecule has 0 spiro atoms. The topological polar surface area (TPSA) is 17.1 Å². The molecule has 0 unspecified atom stereocenters. The molecule has 0 aliphatic rings. The van der Waals surface area contributed by atoms with Gasteiger partial charge in [0.05, 0.1) is 0 Å². The van der Waals surface area contributed by atoms with E-state index in [9.17, 15) is 13.6 Å². The number of Topliss-reactive ketones (excluding diaryl/α,β-unsaturated/α-hetero) is 1. The number of hydrogen-bond acceptors (Lipinski definition) is 1. The van der Waals surface area contributed by atoms with Crippen LogP contribution < -0.4 is 0 Å². The summed E-state index contributed by atoms with van der Waals surface area (Å²) in [5.74, 6) is -2.07. The summed E-state index contributed by atoms with van der Waals surface area (Å²) >= 11 is 0. The van der Waals surface area contributed by atoms with Crippen molar-refractivity contribution in [3.8, 4) is 0 Å². The van der Waals surface area contributed by atoms with E-state index < -0.39 is 11.6 Å². The average molecular weight is 274 g/mol. The lowest BCUT2D eigenvalue weighted by molar-refractivity contribution is 0.0991. The van der Waals surface area contributed by atoms with Gasteiger partial charge in [0.15, 0.2) is 17.4 Å². The Kier molecular flexibility index (Phi) is 3.98. The second kappa shape index (κ2) is 5.53. The molecule has 2 rings (SSSR count). The fourth-order valence-electron chi connectivity index (χ4n) is 2.21. The molecule has 0 aliphatic heterocycles. The molecule has 0 bridgehead atoms. The molecule has 3 heteroatoms. The van der Waals surface area contributed by atoms with Crippen LogP contribution >= 0.6 is 0 Å². The number of ketones is 1. The first kappa shape index (κ1) is 14.4. The van der Waals surface area contributed by atoms with Crippen LogP contribution in [0.1, 0.15) is 32.6 Å². The number of hydrogen-bond donors (Lipinski definition) is 0. The largest absolute Gasteiger partial charge is 0.294 e. The minimum atomic E-state index is -0.942. The summed E-state index contributed by atoms with van der Waals surface area (Å²) in [5.41, 5.74) is 3.63. The van der Waals surface area contributed by atoms with Crippen molar-refractivity contribution < 1.29 is 13.6 Å². The Labute approximate surface area is 117 Å². The van der Waals surface area contributed by atoms with E-state index in [0.29, 0.717) is 5.56 Å². The third kappa shape index (κ3) is 2.77. The van der Waals surface area contributed by atoms with Gasteiger partial charge in [-0.25, -0.2) is 8.78 Å². The first-order valence-corrected chi connectivity index (χ1v) is 6.44. The van der Waals surface area contributed by atoms with Crippen LogP contribution in [0.3, 0.4) is 0 Å². The predicted octanol–water partition coefficient (Wildman–Crippen LogP) is 4.32. The van der Waals surface area contributed by atoms with Crippen molar-refractivity contribution in [1.29, 1.82) is 0 Å². The number of benzene rings is 2. The van der Waals surface area contributed by atoms with Crippen molar-refractivity contribution in [3.63, 3.8) is 0 Å². The highest BCUT2D eigenvalue weighted by molar-refractivity contribution is 5.99. The lowest BCUT2D eigenvalue weighted by Gasteiger charge is -2.09. The van der Waals surface area contributed by atoms with E-state index in [2.05, 4.69) is 0 Å². The van der Waals surface area contributed by atoms with Crippen LogP contribution in [0.4, 0.5) is 8.78 Å². The molecule has 0 aliphatic carbocycles. The number of carbonyl (C=O) groups excluding carboxylic acids is 1. The quantitative estimate of drug-likeness (QED) is 0.762. The molecule has 104 valence electrons. The highest BCUT2D eigenvalue weighted by Gasteiger charge is 2.15. The van der Waals surface area contributed by atoms with Gasteiger partial charge < -0.3 is 0 Å². The lowest BCUT2D eigenvalue weighted by Crippen LogP contribution is -2.08. The van der Waals surface area contributed by atoms with Crippen LogP contribution in [-0.2, 0) is 6.42 Å². The number of rotatable bonds is 3. The lowest BCUT2D eigenvalue weighted by atomic mass is 9.95. The first-order valence-electron chi connectivity index (χ1n) is 6.44. The molecule has 0 N–H and O–H groups in total. The van der Waals surface area contributed by atoms with Gasteiger partial charge in [0, 0.05) is 12.0 Å². The summed E-state index contributed by atoms with van der Waals surface area (Å²) in [5, 5.41) is 0. The second-order valence-electron chi connectivity index (χ2n) is 5.06. The average Bonchev–Trinajstić information content (AvgIpc) is 2.39. The molecule has 0 amide bonds. The Bertz CT molecular complexity index is 675. The summed E-state index contributed by atoms with van der Waals surface area (Å²) < 4.78 is 26.7. The van der Waals surface area contributed by atoms with E-state index >= 15 is 0 Å². The van der Waals surface area contributed by atoms with Gasteiger partial charge in [-0.2, -0.15) is 0 Å². The Morgan fingerprint density at radius 1 is 1.00 bits per heavy atom. The molecule has 1 nitrogen and oxygen atoms in total. The predicted molar refractivity (Wildman–Crippen MR) is 75.0 cm³/mol. The minimum Gasteiger partial charge on any atom is -0.294 e. The molecule has 2 aromatic carbocycles. The van der Waals surface area contributed by atoms with Crippen molar-refractivity contribution in [2.45, 2.75) is 27.2 Å². The Balaban J connectivity index is 2.33. The summed E-state index contributed by atoms with van der Waals surface area (Å²) in [6.45, 7) is 5.75. The van der Waals surface area contributed by atoms with Crippen LogP contribution in [0.25, 0.3) is 0 Å². The number of aryl methyl sites for hydroxylation is 3.